The first-order chi connectivity index (χ1) is 6.47. The molecule has 0 radical (unpaired) electrons. The molecule has 0 aromatic carbocycles. The van der Waals surface area contributed by atoms with Crippen LogP contribution in [-0.4, -0.2) is 31.9 Å². The van der Waals surface area contributed by atoms with Crippen molar-refractivity contribution in [1.82, 2.24) is 0 Å². The van der Waals surface area contributed by atoms with Crippen molar-refractivity contribution in [3.05, 3.63) is 12.2 Å². The predicted molar refractivity (Wildman–Crippen MR) is 48.7 cm³/mol. The van der Waals surface area contributed by atoms with E-state index in [1.165, 1.54) is 14.0 Å². The van der Waals surface area contributed by atoms with Gasteiger partial charge in [-0.25, -0.2) is 9.59 Å². The summed E-state index contributed by atoms with van der Waals surface area (Å²) in [5.41, 5.74) is 0.301. The summed E-state index contributed by atoms with van der Waals surface area (Å²) < 4.78 is 13.7. The number of esters is 1. The normalized spacial score (nSPS) is 11.4. The number of carbonyl (C=O) groups excluding carboxylic acids is 2. The first-order valence-corrected chi connectivity index (χ1v) is 4.04. The molecular weight excluding hydrogens is 188 g/mol. The van der Waals surface area contributed by atoms with Crippen LogP contribution in [0.4, 0.5) is 4.79 Å². The highest BCUT2D eigenvalue weighted by Crippen LogP contribution is 1.98. The van der Waals surface area contributed by atoms with E-state index in [1.54, 1.807) is 6.92 Å². The van der Waals surface area contributed by atoms with Gasteiger partial charge in [0.2, 0.25) is 0 Å². The lowest BCUT2D eigenvalue weighted by Crippen LogP contribution is -2.22. The van der Waals surface area contributed by atoms with Crippen molar-refractivity contribution in [2.24, 2.45) is 0 Å². The first kappa shape index (κ1) is 12.5. The summed E-state index contributed by atoms with van der Waals surface area (Å²) in [4.78, 5) is 21.5. The number of rotatable bonds is 4. The average Bonchev–Trinajstić information content (AvgIpc) is 2.13. The van der Waals surface area contributed by atoms with Gasteiger partial charge in [-0.15, -0.1) is 0 Å². The lowest BCUT2D eigenvalue weighted by molar-refractivity contribution is -0.142. The van der Waals surface area contributed by atoms with E-state index in [9.17, 15) is 9.59 Å². The molecule has 5 heteroatoms. The molecule has 1 atom stereocenters. The van der Waals surface area contributed by atoms with E-state index in [-0.39, 0.29) is 6.61 Å². The fourth-order valence-corrected chi connectivity index (χ4v) is 0.563. The Bertz CT molecular complexity index is 233. The van der Waals surface area contributed by atoms with Crippen LogP contribution < -0.4 is 0 Å². The van der Waals surface area contributed by atoms with Crippen LogP contribution in [0, 0.1) is 0 Å². The Kier molecular flexibility index (Phi) is 5.36. The van der Waals surface area contributed by atoms with Crippen LogP contribution in [0.25, 0.3) is 0 Å². The number of hydrogen-bond acceptors (Lipinski definition) is 5. The zero-order valence-electron chi connectivity index (χ0n) is 8.53. The Hall–Kier alpha value is -1.52. The molecule has 0 saturated carbocycles. The molecule has 14 heavy (non-hydrogen) atoms. The van der Waals surface area contributed by atoms with Gasteiger partial charge in [0, 0.05) is 5.57 Å². The fraction of sp³-hybridized carbons (Fsp3) is 0.556. The van der Waals surface area contributed by atoms with Crippen molar-refractivity contribution in [2.75, 3.05) is 13.7 Å². The Morgan fingerprint density at radius 3 is 2.43 bits per heavy atom. The van der Waals surface area contributed by atoms with Crippen molar-refractivity contribution >= 4 is 12.1 Å². The molecule has 0 aliphatic carbocycles. The Morgan fingerprint density at radius 2 is 2.00 bits per heavy atom. The van der Waals surface area contributed by atoms with Crippen LogP contribution in [0.1, 0.15) is 13.8 Å². The molecule has 1 unspecified atom stereocenters. The molecule has 0 saturated heterocycles. The third kappa shape index (κ3) is 5.18. The smallest absolute Gasteiger partial charge is 0.458 e. The SMILES string of the molecule is C=C(C)C(=O)OCC(C)OC(=O)OC. The molecule has 0 fully saturated rings. The summed E-state index contributed by atoms with van der Waals surface area (Å²) in [5.74, 6) is -0.509. The van der Waals surface area contributed by atoms with E-state index < -0.39 is 18.2 Å². The number of carbonyl (C=O) groups is 2. The Labute approximate surface area is 82.6 Å². The predicted octanol–water partition coefficient (Wildman–Crippen LogP) is 1.28. The lowest BCUT2D eigenvalue weighted by atomic mass is 10.3. The van der Waals surface area contributed by atoms with Gasteiger partial charge in [-0.2, -0.15) is 0 Å². The molecule has 0 heterocycles. The lowest BCUT2D eigenvalue weighted by Gasteiger charge is -2.12. The van der Waals surface area contributed by atoms with Gasteiger partial charge in [0.25, 0.3) is 0 Å². The molecule has 0 rings (SSSR count). The molecule has 0 aliphatic heterocycles. The molecule has 0 aromatic heterocycles. The highest BCUT2D eigenvalue weighted by Gasteiger charge is 2.12. The molecule has 0 aromatic rings. The van der Waals surface area contributed by atoms with E-state index in [4.69, 9.17) is 4.74 Å². The maximum Gasteiger partial charge on any atom is 0.508 e. The van der Waals surface area contributed by atoms with Crippen LogP contribution in [0.5, 0.6) is 0 Å². The van der Waals surface area contributed by atoms with Crippen LogP contribution in [0.3, 0.4) is 0 Å². The van der Waals surface area contributed by atoms with Crippen molar-refractivity contribution < 1.29 is 23.8 Å². The van der Waals surface area contributed by atoms with Crippen molar-refractivity contribution in [1.29, 1.82) is 0 Å². The third-order valence-electron chi connectivity index (χ3n) is 1.26. The van der Waals surface area contributed by atoms with E-state index in [2.05, 4.69) is 16.1 Å². The summed E-state index contributed by atoms with van der Waals surface area (Å²) >= 11 is 0. The molecule has 80 valence electrons. The van der Waals surface area contributed by atoms with E-state index in [0.717, 1.165) is 0 Å². The van der Waals surface area contributed by atoms with Crippen LogP contribution in [-0.2, 0) is 19.0 Å². The maximum absolute atomic E-state index is 10.9. The molecular formula is C9H14O5. The minimum atomic E-state index is -0.802. The second-order valence-corrected chi connectivity index (χ2v) is 2.76. The largest absolute Gasteiger partial charge is 0.508 e. The maximum atomic E-state index is 10.9. The summed E-state index contributed by atoms with van der Waals surface area (Å²) in [6.07, 6.45) is -1.34. The monoisotopic (exact) mass is 202 g/mol. The topological polar surface area (TPSA) is 61.8 Å². The second-order valence-electron chi connectivity index (χ2n) is 2.76. The van der Waals surface area contributed by atoms with Crippen molar-refractivity contribution in [3.8, 4) is 0 Å². The molecule has 5 nitrogen and oxygen atoms in total. The highest BCUT2D eigenvalue weighted by molar-refractivity contribution is 5.86. The summed E-state index contributed by atoms with van der Waals surface area (Å²) in [7, 11) is 1.20. The van der Waals surface area contributed by atoms with E-state index in [1.807, 2.05) is 0 Å². The Morgan fingerprint density at radius 1 is 1.43 bits per heavy atom. The zero-order chi connectivity index (χ0) is 11.1. The van der Waals surface area contributed by atoms with Gasteiger partial charge < -0.3 is 14.2 Å². The minimum Gasteiger partial charge on any atom is -0.458 e. The van der Waals surface area contributed by atoms with Gasteiger partial charge in [-0.05, 0) is 13.8 Å². The second kappa shape index (κ2) is 6.01. The van der Waals surface area contributed by atoms with E-state index >= 15 is 0 Å². The van der Waals surface area contributed by atoms with Gasteiger partial charge in [0.15, 0.2) is 0 Å². The molecule has 0 N–H and O–H groups in total. The first-order valence-electron chi connectivity index (χ1n) is 4.04. The summed E-state index contributed by atoms with van der Waals surface area (Å²) in [5, 5.41) is 0. The van der Waals surface area contributed by atoms with Gasteiger partial charge in [0.05, 0.1) is 7.11 Å². The third-order valence-corrected chi connectivity index (χ3v) is 1.26. The molecule has 0 amide bonds. The quantitative estimate of drug-likeness (QED) is 0.507. The molecule has 0 spiro atoms. The van der Waals surface area contributed by atoms with Gasteiger partial charge in [-0.3, -0.25) is 0 Å². The average molecular weight is 202 g/mol. The minimum absolute atomic E-state index is 0.0131. The number of hydrogen-bond donors (Lipinski definition) is 0. The zero-order valence-corrected chi connectivity index (χ0v) is 8.53. The molecule has 0 bridgehead atoms. The Balaban J connectivity index is 3.74. The molecule has 0 aliphatic rings. The van der Waals surface area contributed by atoms with Crippen LogP contribution >= 0.6 is 0 Å². The van der Waals surface area contributed by atoms with Crippen LogP contribution in [0.15, 0.2) is 12.2 Å². The fourth-order valence-electron chi connectivity index (χ4n) is 0.563. The summed E-state index contributed by atoms with van der Waals surface area (Å²) in [6.45, 7) is 6.51. The van der Waals surface area contributed by atoms with E-state index in [0.29, 0.717) is 5.57 Å². The van der Waals surface area contributed by atoms with Gasteiger partial charge in [-0.1, -0.05) is 6.58 Å². The van der Waals surface area contributed by atoms with Crippen LogP contribution in [0.2, 0.25) is 0 Å². The summed E-state index contributed by atoms with van der Waals surface area (Å²) in [6, 6.07) is 0. The van der Waals surface area contributed by atoms with Gasteiger partial charge >= 0.3 is 12.1 Å². The van der Waals surface area contributed by atoms with Crippen molar-refractivity contribution in [2.45, 2.75) is 20.0 Å². The number of methoxy groups -OCH3 is 1. The number of ether oxygens (including phenoxy) is 3. The highest BCUT2D eigenvalue weighted by atomic mass is 16.7. The van der Waals surface area contributed by atoms with Gasteiger partial charge in [0.1, 0.15) is 12.7 Å². The van der Waals surface area contributed by atoms with Crippen molar-refractivity contribution in [3.63, 3.8) is 0 Å². The standard InChI is InChI=1S/C9H14O5/c1-6(2)8(10)13-5-7(3)14-9(11)12-4/h7H,1,5H2,2-4H3.